The Bertz CT molecular complexity index is 635. The van der Waals surface area contributed by atoms with Crippen molar-refractivity contribution in [1.29, 1.82) is 0 Å². The average molecular weight is 335 g/mol. The Labute approximate surface area is 142 Å². The summed E-state index contributed by atoms with van der Waals surface area (Å²) in [6.45, 7) is 2.99. The van der Waals surface area contributed by atoms with Gasteiger partial charge >= 0.3 is 0 Å². The van der Waals surface area contributed by atoms with E-state index in [1.165, 1.54) is 0 Å². The standard InChI is InChI=1S/C17H22N4O.ClH/c1-2-17-19-16(12-15(22)14-10-6-7-11-18-14)20-21(17)13-8-4-3-5-9-13;/h3-5,8-9,14,18H,2,6-7,10-12H2,1H3;1H/t14-;/m0./s1. The van der Waals surface area contributed by atoms with E-state index >= 15 is 0 Å². The average Bonchev–Trinajstić information content (AvgIpc) is 2.99. The maximum absolute atomic E-state index is 12.4. The van der Waals surface area contributed by atoms with Crippen LogP contribution < -0.4 is 5.32 Å². The van der Waals surface area contributed by atoms with E-state index in [-0.39, 0.29) is 24.2 Å². The minimum atomic E-state index is -0.0255. The van der Waals surface area contributed by atoms with Crippen LogP contribution in [0.4, 0.5) is 0 Å². The molecule has 0 unspecified atom stereocenters. The molecule has 0 bridgehead atoms. The molecular weight excluding hydrogens is 312 g/mol. The fourth-order valence-electron chi connectivity index (χ4n) is 2.88. The van der Waals surface area contributed by atoms with Crippen LogP contribution in [0.15, 0.2) is 30.3 Å². The first-order valence-corrected chi connectivity index (χ1v) is 8.04. The molecule has 2 aromatic rings. The Morgan fingerprint density at radius 1 is 1.30 bits per heavy atom. The van der Waals surface area contributed by atoms with Gasteiger partial charge in [-0.2, -0.15) is 5.10 Å². The topological polar surface area (TPSA) is 59.8 Å². The summed E-state index contributed by atoms with van der Waals surface area (Å²) in [5.74, 6) is 1.72. The number of benzene rings is 1. The molecule has 2 heterocycles. The number of piperidine rings is 1. The summed E-state index contributed by atoms with van der Waals surface area (Å²) in [6, 6.07) is 9.91. The van der Waals surface area contributed by atoms with Gasteiger partial charge in [-0.15, -0.1) is 12.4 Å². The first-order valence-electron chi connectivity index (χ1n) is 8.04. The van der Waals surface area contributed by atoms with Crippen LogP contribution in [0, 0.1) is 0 Å². The zero-order valence-corrected chi connectivity index (χ0v) is 14.2. The number of halogens is 1. The van der Waals surface area contributed by atoms with Crippen LogP contribution in [0.3, 0.4) is 0 Å². The molecule has 3 rings (SSSR count). The Hall–Kier alpha value is -1.72. The number of Topliss-reactive ketones (excluding diaryl/α,β-unsaturated/α-hetero) is 1. The number of hydrogen-bond donors (Lipinski definition) is 1. The van der Waals surface area contributed by atoms with E-state index in [2.05, 4.69) is 22.3 Å². The van der Waals surface area contributed by atoms with E-state index < -0.39 is 0 Å². The molecule has 0 amide bonds. The fraction of sp³-hybridized carbons (Fsp3) is 0.471. The lowest BCUT2D eigenvalue weighted by molar-refractivity contribution is -0.121. The highest BCUT2D eigenvalue weighted by Gasteiger charge is 2.22. The molecule has 1 aliphatic rings. The minimum absolute atomic E-state index is 0. The largest absolute Gasteiger partial charge is 0.307 e. The van der Waals surface area contributed by atoms with Crippen LogP contribution in [-0.4, -0.2) is 33.1 Å². The summed E-state index contributed by atoms with van der Waals surface area (Å²) in [4.78, 5) is 16.9. The van der Waals surface area contributed by atoms with E-state index in [4.69, 9.17) is 0 Å². The number of carbonyl (C=O) groups is 1. The number of nitrogens with zero attached hydrogens (tertiary/aromatic N) is 3. The first kappa shape index (κ1) is 17.6. The van der Waals surface area contributed by atoms with Gasteiger partial charge in [-0.05, 0) is 31.5 Å². The SMILES string of the molecule is CCc1nc(CC(=O)[C@@H]2CCCCN2)nn1-c1ccccc1.Cl. The molecule has 0 aliphatic carbocycles. The van der Waals surface area contributed by atoms with Crippen LogP contribution in [-0.2, 0) is 17.6 Å². The molecule has 1 atom stereocenters. The number of ketones is 1. The highest BCUT2D eigenvalue weighted by atomic mass is 35.5. The number of rotatable bonds is 5. The molecule has 6 heteroatoms. The van der Waals surface area contributed by atoms with Crippen molar-refractivity contribution in [2.45, 2.75) is 45.1 Å². The molecule has 1 N–H and O–H groups in total. The third-order valence-electron chi connectivity index (χ3n) is 4.07. The summed E-state index contributed by atoms with van der Waals surface area (Å²) in [7, 11) is 0. The van der Waals surface area contributed by atoms with Gasteiger partial charge in [0.2, 0.25) is 0 Å². The summed E-state index contributed by atoms with van der Waals surface area (Å²) >= 11 is 0. The van der Waals surface area contributed by atoms with E-state index in [0.29, 0.717) is 12.2 Å². The molecule has 124 valence electrons. The number of para-hydroxylation sites is 1. The van der Waals surface area contributed by atoms with Crippen molar-refractivity contribution in [2.24, 2.45) is 0 Å². The summed E-state index contributed by atoms with van der Waals surface area (Å²) < 4.78 is 1.84. The molecule has 0 spiro atoms. The molecule has 1 aliphatic heterocycles. The maximum Gasteiger partial charge on any atom is 0.158 e. The number of carbonyl (C=O) groups excluding carboxylic acids is 1. The molecule has 1 aromatic carbocycles. The van der Waals surface area contributed by atoms with Crippen molar-refractivity contribution >= 4 is 18.2 Å². The summed E-state index contributed by atoms with van der Waals surface area (Å²) in [6.07, 6.45) is 4.31. The lowest BCUT2D eigenvalue weighted by Crippen LogP contribution is -2.41. The normalized spacial score (nSPS) is 17.5. The second-order valence-electron chi connectivity index (χ2n) is 5.69. The lowest BCUT2D eigenvalue weighted by atomic mass is 9.99. The van der Waals surface area contributed by atoms with E-state index in [9.17, 15) is 4.79 Å². The maximum atomic E-state index is 12.4. The quantitative estimate of drug-likeness (QED) is 0.912. The summed E-state index contributed by atoms with van der Waals surface area (Å²) in [5, 5.41) is 7.84. The van der Waals surface area contributed by atoms with Crippen molar-refractivity contribution in [2.75, 3.05) is 6.54 Å². The van der Waals surface area contributed by atoms with E-state index in [1.54, 1.807) is 0 Å². The Kier molecular flexibility index (Phi) is 6.30. The highest BCUT2D eigenvalue weighted by molar-refractivity contribution is 5.85. The van der Waals surface area contributed by atoms with Gasteiger partial charge in [0.1, 0.15) is 5.82 Å². The number of aromatic nitrogens is 3. The zero-order chi connectivity index (χ0) is 15.4. The predicted molar refractivity (Wildman–Crippen MR) is 92.3 cm³/mol. The van der Waals surface area contributed by atoms with E-state index in [1.807, 2.05) is 35.0 Å². The van der Waals surface area contributed by atoms with Gasteiger partial charge in [0.25, 0.3) is 0 Å². The van der Waals surface area contributed by atoms with Crippen molar-refractivity contribution in [3.05, 3.63) is 42.0 Å². The molecule has 1 fully saturated rings. The molecule has 5 nitrogen and oxygen atoms in total. The van der Waals surface area contributed by atoms with Crippen molar-refractivity contribution in [3.8, 4) is 5.69 Å². The van der Waals surface area contributed by atoms with Crippen molar-refractivity contribution < 1.29 is 4.79 Å². The number of aryl methyl sites for hydroxylation is 1. The molecule has 0 radical (unpaired) electrons. The second kappa shape index (κ2) is 8.22. The minimum Gasteiger partial charge on any atom is -0.307 e. The number of hydrogen-bond acceptors (Lipinski definition) is 4. The van der Waals surface area contributed by atoms with Gasteiger partial charge in [0, 0.05) is 6.42 Å². The van der Waals surface area contributed by atoms with Crippen LogP contribution >= 0.6 is 12.4 Å². The number of nitrogens with one attached hydrogen (secondary N) is 1. The third-order valence-corrected chi connectivity index (χ3v) is 4.07. The van der Waals surface area contributed by atoms with Gasteiger partial charge in [-0.3, -0.25) is 4.79 Å². The molecule has 23 heavy (non-hydrogen) atoms. The first-order chi connectivity index (χ1) is 10.8. The summed E-state index contributed by atoms with van der Waals surface area (Å²) in [5.41, 5.74) is 0.987. The van der Waals surface area contributed by atoms with Gasteiger partial charge < -0.3 is 5.32 Å². The van der Waals surface area contributed by atoms with Crippen molar-refractivity contribution in [3.63, 3.8) is 0 Å². The monoisotopic (exact) mass is 334 g/mol. The lowest BCUT2D eigenvalue weighted by Gasteiger charge is -2.21. The van der Waals surface area contributed by atoms with Gasteiger partial charge in [-0.25, -0.2) is 9.67 Å². The van der Waals surface area contributed by atoms with Crippen molar-refractivity contribution in [1.82, 2.24) is 20.1 Å². The molecule has 0 saturated carbocycles. The van der Waals surface area contributed by atoms with Crippen LogP contribution in [0.25, 0.3) is 5.69 Å². The Morgan fingerprint density at radius 2 is 2.09 bits per heavy atom. The molecule has 1 saturated heterocycles. The van der Waals surface area contributed by atoms with Crippen LogP contribution in [0.5, 0.6) is 0 Å². The van der Waals surface area contributed by atoms with Crippen LogP contribution in [0.1, 0.15) is 37.8 Å². The third kappa shape index (κ3) is 4.18. The zero-order valence-electron chi connectivity index (χ0n) is 13.4. The fourth-order valence-corrected chi connectivity index (χ4v) is 2.88. The van der Waals surface area contributed by atoms with Gasteiger partial charge in [0.15, 0.2) is 11.6 Å². The van der Waals surface area contributed by atoms with E-state index in [0.717, 1.165) is 43.7 Å². The van der Waals surface area contributed by atoms with Gasteiger partial charge in [0.05, 0.1) is 18.2 Å². The Morgan fingerprint density at radius 3 is 2.74 bits per heavy atom. The Balaban J connectivity index is 0.00000192. The molecular formula is C17H23ClN4O. The highest BCUT2D eigenvalue weighted by Crippen LogP contribution is 2.13. The molecule has 1 aromatic heterocycles. The van der Waals surface area contributed by atoms with Gasteiger partial charge in [-0.1, -0.05) is 31.5 Å². The smallest absolute Gasteiger partial charge is 0.158 e. The predicted octanol–water partition coefficient (Wildman–Crippen LogP) is 2.51. The van der Waals surface area contributed by atoms with Crippen LogP contribution in [0.2, 0.25) is 0 Å². The second-order valence-corrected chi connectivity index (χ2v) is 5.69.